The van der Waals surface area contributed by atoms with Gasteiger partial charge in [-0.1, -0.05) is 17.7 Å². The second-order valence-corrected chi connectivity index (χ2v) is 7.26. The quantitative estimate of drug-likeness (QED) is 0.311. The summed E-state index contributed by atoms with van der Waals surface area (Å²) in [6.07, 6.45) is 10.3. The fraction of sp³-hybridized carbons (Fsp3) is 0.176. The van der Waals surface area contributed by atoms with E-state index in [4.69, 9.17) is 11.6 Å². The van der Waals surface area contributed by atoms with Crippen LogP contribution in [0.1, 0.15) is 5.56 Å². The first-order chi connectivity index (χ1) is 14.3. The molecule has 0 bridgehead atoms. The van der Waals surface area contributed by atoms with E-state index in [0.717, 1.165) is 18.0 Å². The Morgan fingerprint density at radius 3 is 2.27 bits per heavy atom. The van der Waals surface area contributed by atoms with E-state index in [2.05, 4.69) is 20.6 Å². The fourth-order valence-corrected chi connectivity index (χ4v) is 2.71. The Morgan fingerprint density at radius 1 is 1.10 bits per heavy atom. The van der Waals surface area contributed by atoms with Gasteiger partial charge in [0.2, 0.25) is 0 Å². The predicted octanol–water partition coefficient (Wildman–Crippen LogP) is 4.20. The number of aromatic nitrogens is 2. The summed E-state index contributed by atoms with van der Waals surface area (Å²) in [7, 11) is 0. The van der Waals surface area contributed by atoms with E-state index in [0.29, 0.717) is 27.4 Å². The van der Waals surface area contributed by atoms with Crippen LogP contribution in [0.5, 0.6) is 0 Å². The summed E-state index contributed by atoms with van der Waals surface area (Å²) in [5.74, 6) is 0. The summed E-state index contributed by atoms with van der Waals surface area (Å²) < 4.78 is 0. The fourth-order valence-electron chi connectivity index (χ4n) is 1.78. The summed E-state index contributed by atoms with van der Waals surface area (Å²) >= 11 is 8.15. The van der Waals surface area contributed by atoms with E-state index in [9.17, 15) is 20.2 Å². The van der Waals surface area contributed by atoms with Gasteiger partial charge in [-0.2, -0.15) is 0 Å². The Labute approximate surface area is 186 Å². The van der Waals surface area contributed by atoms with Gasteiger partial charge in [-0.3, -0.25) is 25.2 Å². The summed E-state index contributed by atoms with van der Waals surface area (Å²) in [6, 6.07) is 7.03. The van der Waals surface area contributed by atoms with Crippen molar-refractivity contribution in [2.45, 2.75) is 6.54 Å². The molecule has 0 amide bonds. The van der Waals surface area contributed by atoms with Crippen molar-refractivity contribution in [3.63, 3.8) is 0 Å². The predicted molar refractivity (Wildman–Crippen MR) is 121 cm³/mol. The molecule has 160 valence electrons. The van der Waals surface area contributed by atoms with Gasteiger partial charge in [0.05, 0.1) is 21.7 Å². The number of thioether (sulfide) groups is 2. The number of hydrogen-bond donors (Lipinski definition) is 2. The van der Waals surface area contributed by atoms with Crippen molar-refractivity contribution < 1.29 is 9.85 Å². The lowest BCUT2D eigenvalue weighted by Gasteiger charge is -2.05. The first-order valence-electron chi connectivity index (χ1n) is 8.14. The first-order valence-corrected chi connectivity index (χ1v) is 11.0. The van der Waals surface area contributed by atoms with Crippen LogP contribution in [0.2, 0.25) is 5.15 Å². The highest BCUT2D eigenvalue weighted by atomic mass is 35.5. The van der Waals surface area contributed by atoms with Gasteiger partial charge < -0.3 is 10.6 Å². The van der Waals surface area contributed by atoms with Crippen LogP contribution in [-0.4, -0.2) is 32.3 Å². The lowest BCUT2D eigenvalue weighted by atomic mass is 10.3. The first kappa shape index (κ1) is 25.2. The average molecular weight is 471 g/mol. The zero-order chi connectivity index (χ0) is 22.4. The molecule has 2 aromatic rings. The van der Waals surface area contributed by atoms with Gasteiger partial charge in [0, 0.05) is 18.9 Å². The Morgan fingerprint density at radius 2 is 1.77 bits per heavy atom. The minimum absolute atomic E-state index is 0.379. The Kier molecular flexibility index (Phi) is 11.9. The normalized spacial score (nSPS) is 11.2. The molecule has 0 aromatic carbocycles. The van der Waals surface area contributed by atoms with Crippen molar-refractivity contribution in [3.8, 4) is 0 Å². The molecular formula is C17H19ClN6O4S2. The molecule has 2 heterocycles. The minimum Gasteiger partial charge on any atom is -0.371 e. The molecule has 0 fully saturated rings. The molecule has 0 aliphatic carbocycles. The van der Waals surface area contributed by atoms with Gasteiger partial charge in [-0.15, -0.1) is 23.5 Å². The average Bonchev–Trinajstić information content (AvgIpc) is 2.73. The SMILES string of the molecule is CSC(=C[N+](=O)[O-])NCc1cccnc1.CSC(=C[N+](=O)[O-])Nc1ccc(Cl)nc1. The highest BCUT2D eigenvalue weighted by Gasteiger charge is 2.02. The molecule has 13 heteroatoms. The molecule has 10 nitrogen and oxygen atoms in total. The third kappa shape index (κ3) is 11.2. The lowest BCUT2D eigenvalue weighted by Crippen LogP contribution is -2.11. The highest BCUT2D eigenvalue weighted by Crippen LogP contribution is 2.17. The van der Waals surface area contributed by atoms with Crippen LogP contribution in [0, 0.1) is 20.2 Å². The molecule has 0 aliphatic heterocycles. The highest BCUT2D eigenvalue weighted by molar-refractivity contribution is 8.02. The number of nitrogens with one attached hydrogen (secondary N) is 2. The maximum Gasteiger partial charge on any atom is 0.264 e. The molecule has 30 heavy (non-hydrogen) atoms. The van der Waals surface area contributed by atoms with E-state index in [-0.39, 0.29) is 0 Å². The molecule has 0 radical (unpaired) electrons. The van der Waals surface area contributed by atoms with Gasteiger partial charge in [0.25, 0.3) is 12.4 Å². The molecule has 0 aliphatic rings. The number of anilines is 1. The van der Waals surface area contributed by atoms with Crippen molar-refractivity contribution in [1.82, 2.24) is 15.3 Å². The number of nitrogens with zero attached hydrogens (tertiary/aromatic N) is 4. The van der Waals surface area contributed by atoms with Crippen LogP contribution >= 0.6 is 35.1 Å². The van der Waals surface area contributed by atoms with Gasteiger partial charge in [-0.05, 0) is 36.3 Å². The van der Waals surface area contributed by atoms with Crippen LogP contribution in [0.15, 0.2) is 65.3 Å². The molecule has 0 saturated heterocycles. The second-order valence-electron chi connectivity index (χ2n) is 5.18. The third-order valence-corrected chi connectivity index (χ3v) is 4.63. The molecule has 2 rings (SSSR count). The molecule has 0 unspecified atom stereocenters. The second kappa shape index (κ2) is 14.2. The Balaban J connectivity index is 0.000000300. The van der Waals surface area contributed by atoms with Crippen LogP contribution in [0.4, 0.5) is 5.69 Å². The number of pyridine rings is 2. The summed E-state index contributed by atoms with van der Waals surface area (Å²) in [6.45, 7) is 0.536. The van der Waals surface area contributed by atoms with E-state index in [1.807, 2.05) is 12.1 Å². The summed E-state index contributed by atoms with van der Waals surface area (Å²) in [5, 5.41) is 27.6. The standard InChI is InChI=1S/C9H11N3O2S.C8H8ClN3O2S/c1-15-9(7-12(13)14)11-6-8-3-2-4-10-5-8;1-15-8(5-12(13)14)11-6-2-3-7(9)10-4-6/h2-5,7,11H,6H2,1H3;2-5,11H,1H3. The van der Waals surface area contributed by atoms with E-state index in [1.165, 1.54) is 29.7 Å². The summed E-state index contributed by atoms with van der Waals surface area (Å²) in [5.41, 5.74) is 1.64. The van der Waals surface area contributed by atoms with Crippen molar-refractivity contribution in [2.24, 2.45) is 0 Å². The number of rotatable bonds is 9. The maximum atomic E-state index is 10.3. The zero-order valence-electron chi connectivity index (χ0n) is 16.0. The third-order valence-electron chi connectivity index (χ3n) is 3.07. The monoisotopic (exact) mass is 470 g/mol. The van der Waals surface area contributed by atoms with Crippen LogP contribution in [-0.2, 0) is 6.54 Å². The minimum atomic E-state index is -0.512. The molecule has 0 saturated carbocycles. The van der Waals surface area contributed by atoms with Crippen molar-refractivity contribution >= 4 is 40.8 Å². The smallest absolute Gasteiger partial charge is 0.264 e. The number of halogens is 1. The van der Waals surface area contributed by atoms with E-state index >= 15 is 0 Å². The number of nitro groups is 2. The topological polar surface area (TPSA) is 136 Å². The molecule has 0 spiro atoms. The molecular weight excluding hydrogens is 452 g/mol. The Bertz CT molecular complexity index is 882. The van der Waals surface area contributed by atoms with Gasteiger partial charge >= 0.3 is 0 Å². The van der Waals surface area contributed by atoms with Gasteiger partial charge in [0.15, 0.2) is 0 Å². The van der Waals surface area contributed by atoms with Crippen molar-refractivity contribution in [1.29, 1.82) is 0 Å². The Hall–Kier alpha value is -2.83. The summed E-state index contributed by atoms with van der Waals surface area (Å²) in [4.78, 5) is 27.3. The molecule has 2 aromatic heterocycles. The number of hydrogen-bond acceptors (Lipinski definition) is 10. The molecule has 2 N–H and O–H groups in total. The van der Waals surface area contributed by atoms with Crippen LogP contribution in [0.3, 0.4) is 0 Å². The van der Waals surface area contributed by atoms with Gasteiger partial charge in [-0.25, -0.2) is 4.98 Å². The largest absolute Gasteiger partial charge is 0.371 e. The van der Waals surface area contributed by atoms with E-state index < -0.39 is 9.85 Å². The van der Waals surface area contributed by atoms with Gasteiger partial charge in [0.1, 0.15) is 15.2 Å². The zero-order valence-corrected chi connectivity index (χ0v) is 18.4. The van der Waals surface area contributed by atoms with Crippen LogP contribution < -0.4 is 10.6 Å². The molecule has 0 atom stereocenters. The van der Waals surface area contributed by atoms with Crippen LogP contribution in [0.25, 0.3) is 0 Å². The lowest BCUT2D eigenvalue weighted by molar-refractivity contribution is -0.403. The van der Waals surface area contributed by atoms with E-state index in [1.54, 1.807) is 37.0 Å². The maximum absolute atomic E-state index is 10.3. The van der Waals surface area contributed by atoms with Crippen molar-refractivity contribution in [2.75, 3.05) is 17.8 Å². The van der Waals surface area contributed by atoms with Crippen molar-refractivity contribution in [3.05, 3.63) is 96.3 Å².